The average molecular weight is 529 g/mol. The van der Waals surface area contributed by atoms with Crippen LogP contribution in [0, 0.1) is 16.7 Å². The zero-order chi connectivity index (χ0) is 28.3. The van der Waals surface area contributed by atoms with E-state index in [4.69, 9.17) is 9.47 Å². The van der Waals surface area contributed by atoms with Gasteiger partial charge in [0.25, 0.3) is 0 Å². The standard InChI is InChI=1S/C30H44N2O6/c1-19(17-22-14-15-29(3,4)30(22,5)6)38-28(36)23-9-8-16-32(23)27(35)20(2)31-26(34)13-11-21-10-12-24(33)25(18-21)37-7/h10-13,18-20,22-23,33H,8-9,14-17H2,1-7H3,(H,31,34)/b13-11+/t19?,20-,22?,23?/m0/s1. The highest BCUT2D eigenvalue weighted by atomic mass is 16.5. The SMILES string of the molecule is COc1cc(/C=C/C(=O)N[C@@H](C)C(=O)N2CCCC2C(=O)OC(C)CC2CCC(C)(C)C2(C)C)ccc1O. The molecule has 0 aromatic heterocycles. The van der Waals surface area contributed by atoms with Crippen LogP contribution in [0.4, 0.5) is 0 Å². The summed E-state index contributed by atoms with van der Waals surface area (Å²) in [5, 5.41) is 12.4. The Labute approximate surface area is 226 Å². The number of carbonyl (C=O) groups is 3. The molecule has 38 heavy (non-hydrogen) atoms. The number of aromatic hydroxyl groups is 1. The Kier molecular flexibility index (Phi) is 9.16. The van der Waals surface area contributed by atoms with Crippen LogP contribution in [0.5, 0.6) is 11.5 Å². The van der Waals surface area contributed by atoms with Crippen molar-refractivity contribution in [2.45, 2.75) is 91.8 Å². The van der Waals surface area contributed by atoms with Gasteiger partial charge in [-0.1, -0.05) is 33.8 Å². The molecule has 1 aromatic carbocycles. The molecule has 8 heteroatoms. The number of hydrogen-bond donors (Lipinski definition) is 2. The zero-order valence-corrected chi connectivity index (χ0v) is 23.9. The van der Waals surface area contributed by atoms with Gasteiger partial charge in [0.2, 0.25) is 11.8 Å². The van der Waals surface area contributed by atoms with Crippen LogP contribution in [0.3, 0.4) is 0 Å². The maximum atomic E-state index is 13.1. The van der Waals surface area contributed by atoms with Crippen molar-refractivity contribution in [3.05, 3.63) is 29.8 Å². The average Bonchev–Trinajstić information content (AvgIpc) is 3.42. The van der Waals surface area contributed by atoms with Crippen molar-refractivity contribution < 1.29 is 29.0 Å². The maximum absolute atomic E-state index is 13.1. The Hall–Kier alpha value is -3.03. The second kappa shape index (κ2) is 11.8. The molecule has 4 atom stereocenters. The van der Waals surface area contributed by atoms with Crippen LogP contribution in [0.15, 0.2) is 24.3 Å². The molecular weight excluding hydrogens is 484 g/mol. The first kappa shape index (κ1) is 29.5. The van der Waals surface area contributed by atoms with Crippen LogP contribution in [-0.2, 0) is 19.1 Å². The lowest BCUT2D eigenvalue weighted by molar-refractivity contribution is -0.158. The van der Waals surface area contributed by atoms with E-state index in [-0.39, 0.29) is 34.6 Å². The Morgan fingerprint density at radius 1 is 1.18 bits per heavy atom. The van der Waals surface area contributed by atoms with E-state index in [1.54, 1.807) is 25.1 Å². The maximum Gasteiger partial charge on any atom is 0.329 e. The summed E-state index contributed by atoms with van der Waals surface area (Å²) in [6, 6.07) is 3.30. The fourth-order valence-corrected chi connectivity index (χ4v) is 5.73. The summed E-state index contributed by atoms with van der Waals surface area (Å²) in [6.45, 7) is 13.3. The molecule has 3 unspecified atom stereocenters. The third-order valence-electron chi connectivity index (χ3n) is 8.98. The first-order valence-electron chi connectivity index (χ1n) is 13.6. The number of rotatable bonds is 9. The van der Waals surface area contributed by atoms with Crippen LogP contribution in [0.25, 0.3) is 6.08 Å². The monoisotopic (exact) mass is 528 g/mol. The summed E-state index contributed by atoms with van der Waals surface area (Å²) in [6.07, 6.45) is 7.04. The molecule has 1 aromatic rings. The lowest BCUT2D eigenvalue weighted by Gasteiger charge is -2.40. The van der Waals surface area contributed by atoms with Crippen molar-refractivity contribution in [1.82, 2.24) is 10.2 Å². The highest BCUT2D eigenvalue weighted by Gasteiger charge is 2.48. The van der Waals surface area contributed by atoms with Crippen LogP contribution < -0.4 is 10.1 Å². The number of hydrogen-bond acceptors (Lipinski definition) is 6. The summed E-state index contributed by atoms with van der Waals surface area (Å²) in [7, 11) is 1.45. The van der Waals surface area contributed by atoms with E-state index in [2.05, 4.69) is 33.0 Å². The van der Waals surface area contributed by atoms with Crippen molar-refractivity contribution in [2.24, 2.45) is 16.7 Å². The molecule has 2 amide bonds. The number of ether oxygens (including phenoxy) is 2. The number of phenols is 1. The second-order valence-corrected chi connectivity index (χ2v) is 12.0. The number of phenolic OH excluding ortho intramolecular Hbond substituents is 1. The lowest BCUT2D eigenvalue weighted by atomic mass is 9.66. The van der Waals surface area contributed by atoms with E-state index in [0.29, 0.717) is 36.6 Å². The number of nitrogens with zero attached hydrogens (tertiary/aromatic N) is 1. The molecule has 1 saturated heterocycles. The third kappa shape index (κ3) is 6.51. The van der Waals surface area contributed by atoms with Gasteiger partial charge < -0.3 is 24.8 Å². The predicted octanol–water partition coefficient (Wildman–Crippen LogP) is 4.69. The van der Waals surface area contributed by atoms with Gasteiger partial charge in [-0.2, -0.15) is 0 Å². The molecule has 3 rings (SSSR count). The number of carbonyl (C=O) groups excluding carboxylic acids is 3. The normalized spacial score (nSPS) is 23.7. The molecule has 210 valence electrons. The largest absolute Gasteiger partial charge is 0.504 e. The van der Waals surface area contributed by atoms with Gasteiger partial charge in [-0.15, -0.1) is 0 Å². The van der Waals surface area contributed by atoms with E-state index >= 15 is 0 Å². The van der Waals surface area contributed by atoms with Gasteiger partial charge in [0.15, 0.2) is 11.5 Å². The zero-order valence-electron chi connectivity index (χ0n) is 23.9. The molecule has 0 bridgehead atoms. The van der Waals surface area contributed by atoms with Crippen LogP contribution in [0.2, 0.25) is 0 Å². The van der Waals surface area contributed by atoms with Gasteiger partial charge in [0.05, 0.1) is 13.2 Å². The lowest BCUT2D eigenvalue weighted by Crippen LogP contribution is -2.50. The first-order valence-corrected chi connectivity index (χ1v) is 13.6. The van der Waals surface area contributed by atoms with E-state index in [0.717, 1.165) is 19.3 Å². The van der Waals surface area contributed by atoms with Gasteiger partial charge in [-0.3, -0.25) is 9.59 Å². The number of methoxy groups -OCH3 is 1. The molecule has 1 heterocycles. The Bertz CT molecular complexity index is 1060. The smallest absolute Gasteiger partial charge is 0.329 e. The number of nitrogens with one attached hydrogen (secondary N) is 1. The van der Waals surface area contributed by atoms with Crippen molar-refractivity contribution in [3.63, 3.8) is 0 Å². The van der Waals surface area contributed by atoms with Crippen LogP contribution >= 0.6 is 0 Å². The van der Waals surface area contributed by atoms with Crippen LogP contribution in [-0.4, -0.2) is 59.6 Å². The van der Waals surface area contributed by atoms with E-state index in [1.165, 1.54) is 24.2 Å². The minimum absolute atomic E-state index is 0.00716. The number of esters is 1. The molecular formula is C30H44N2O6. The molecule has 2 fully saturated rings. The molecule has 8 nitrogen and oxygen atoms in total. The highest BCUT2D eigenvalue weighted by molar-refractivity contribution is 5.96. The summed E-state index contributed by atoms with van der Waals surface area (Å²) in [5.41, 5.74) is 1.08. The summed E-state index contributed by atoms with van der Waals surface area (Å²) in [5.74, 6) is -0.317. The number of benzene rings is 1. The Morgan fingerprint density at radius 3 is 2.53 bits per heavy atom. The molecule has 1 aliphatic heterocycles. The Balaban J connectivity index is 1.54. The first-order chi connectivity index (χ1) is 17.8. The molecule has 1 saturated carbocycles. The molecule has 1 aliphatic carbocycles. The van der Waals surface area contributed by atoms with Crippen molar-refractivity contribution in [3.8, 4) is 11.5 Å². The minimum Gasteiger partial charge on any atom is -0.504 e. The fourth-order valence-electron chi connectivity index (χ4n) is 5.73. The van der Waals surface area contributed by atoms with Gasteiger partial charge in [-0.05, 0) is 86.5 Å². The van der Waals surface area contributed by atoms with Gasteiger partial charge in [0, 0.05) is 12.6 Å². The molecule has 2 aliphatic rings. The van der Waals surface area contributed by atoms with Crippen molar-refractivity contribution >= 4 is 23.9 Å². The van der Waals surface area contributed by atoms with Crippen LogP contribution in [0.1, 0.15) is 79.2 Å². The van der Waals surface area contributed by atoms with Crippen molar-refractivity contribution in [1.29, 1.82) is 0 Å². The fraction of sp³-hybridized carbons (Fsp3) is 0.633. The molecule has 0 radical (unpaired) electrons. The molecule has 2 N–H and O–H groups in total. The van der Waals surface area contributed by atoms with Gasteiger partial charge in [0.1, 0.15) is 12.1 Å². The van der Waals surface area contributed by atoms with E-state index in [9.17, 15) is 19.5 Å². The van der Waals surface area contributed by atoms with Crippen molar-refractivity contribution in [2.75, 3.05) is 13.7 Å². The second-order valence-electron chi connectivity index (χ2n) is 12.0. The highest BCUT2D eigenvalue weighted by Crippen LogP contribution is 2.57. The van der Waals surface area contributed by atoms with Gasteiger partial charge in [-0.25, -0.2) is 4.79 Å². The number of amides is 2. The number of likely N-dealkylation sites (tertiary alicyclic amines) is 1. The third-order valence-corrected chi connectivity index (χ3v) is 8.98. The predicted molar refractivity (Wildman–Crippen MR) is 146 cm³/mol. The van der Waals surface area contributed by atoms with E-state index in [1.807, 2.05) is 6.92 Å². The quantitative estimate of drug-likeness (QED) is 0.356. The van der Waals surface area contributed by atoms with E-state index < -0.39 is 18.0 Å². The molecule has 0 spiro atoms. The topological polar surface area (TPSA) is 105 Å². The minimum atomic E-state index is -0.797. The summed E-state index contributed by atoms with van der Waals surface area (Å²) < 4.78 is 10.9. The Morgan fingerprint density at radius 2 is 1.89 bits per heavy atom. The summed E-state index contributed by atoms with van der Waals surface area (Å²) >= 11 is 0. The summed E-state index contributed by atoms with van der Waals surface area (Å²) in [4.78, 5) is 40.2. The van der Waals surface area contributed by atoms with Gasteiger partial charge >= 0.3 is 5.97 Å².